The van der Waals surface area contributed by atoms with E-state index in [0.29, 0.717) is 12.2 Å². The highest BCUT2D eigenvalue weighted by atomic mass is 16.5. The summed E-state index contributed by atoms with van der Waals surface area (Å²) in [5.41, 5.74) is 0. The van der Waals surface area contributed by atoms with E-state index in [4.69, 9.17) is 4.74 Å². The molecule has 18 heavy (non-hydrogen) atoms. The van der Waals surface area contributed by atoms with Gasteiger partial charge in [-0.05, 0) is 58.0 Å². The SMILES string of the molecule is CCCNCCCC(C)OC1CCCC(CC)C1. The van der Waals surface area contributed by atoms with Gasteiger partial charge in [-0.1, -0.05) is 33.1 Å². The molecule has 3 atom stereocenters. The van der Waals surface area contributed by atoms with Gasteiger partial charge in [-0.15, -0.1) is 0 Å². The molecular formula is C16H33NO. The summed E-state index contributed by atoms with van der Waals surface area (Å²) in [5.74, 6) is 0.919. The number of hydrogen-bond acceptors (Lipinski definition) is 2. The van der Waals surface area contributed by atoms with E-state index in [-0.39, 0.29) is 0 Å². The van der Waals surface area contributed by atoms with Gasteiger partial charge in [-0.2, -0.15) is 0 Å². The van der Waals surface area contributed by atoms with Crippen LogP contribution in [0.15, 0.2) is 0 Å². The van der Waals surface area contributed by atoms with Gasteiger partial charge in [0.05, 0.1) is 12.2 Å². The van der Waals surface area contributed by atoms with Crippen molar-refractivity contribution in [3.05, 3.63) is 0 Å². The molecule has 0 aromatic heterocycles. The highest BCUT2D eigenvalue weighted by molar-refractivity contribution is 4.73. The summed E-state index contributed by atoms with van der Waals surface area (Å²) in [7, 11) is 0. The van der Waals surface area contributed by atoms with Gasteiger partial charge in [0.25, 0.3) is 0 Å². The summed E-state index contributed by atoms with van der Waals surface area (Å²) < 4.78 is 6.20. The zero-order valence-electron chi connectivity index (χ0n) is 12.7. The summed E-state index contributed by atoms with van der Waals surface area (Å²) in [6.45, 7) is 9.07. The lowest BCUT2D eigenvalue weighted by Crippen LogP contribution is -2.27. The Morgan fingerprint density at radius 3 is 2.78 bits per heavy atom. The third kappa shape index (κ3) is 6.75. The van der Waals surface area contributed by atoms with Crippen molar-refractivity contribution < 1.29 is 4.74 Å². The van der Waals surface area contributed by atoms with Gasteiger partial charge in [-0.3, -0.25) is 0 Å². The first-order valence-electron chi connectivity index (χ1n) is 8.12. The summed E-state index contributed by atoms with van der Waals surface area (Å²) >= 11 is 0. The van der Waals surface area contributed by atoms with E-state index in [1.165, 1.54) is 51.4 Å². The monoisotopic (exact) mass is 255 g/mol. The number of rotatable bonds is 9. The van der Waals surface area contributed by atoms with Crippen LogP contribution in [0.3, 0.4) is 0 Å². The minimum absolute atomic E-state index is 0.439. The Labute approximate surface area is 114 Å². The van der Waals surface area contributed by atoms with E-state index in [9.17, 15) is 0 Å². The molecule has 0 aliphatic heterocycles. The lowest BCUT2D eigenvalue weighted by Gasteiger charge is -2.30. The van der Waals surface area contributed by atoms with Crippen molar-refractivity contribution in [2.45, 2.75) is 84.3 Å². The third-order valence-corrected chi connectivity index (χ3v) is 4.13. The second kappa shape index (κ2) is 9.80. The van der Waals surface area contributed by atoms with Gasteiger partial charge in [0.15, 0.2) is 0 Å². The molecule has 1 fully saturated rings. The zero-order chi connectivity index (χ0) is 13.2. The second-order valence-electron chi connectivity index (χ2n) is 5.90. The normalized spacial score (nSPS) is 26.2. The maximum atomic E-state index is 6.20. The van der Waals surface area contributed by atoms with Crippen LogP contribution in [0.5, 0.6) is 0 Å². The zero-order valence-corrected chi connectivity index (χ0v) is 12.7. The molecule has 0 saturated heterocycles. The number of hydrogen-bond donors (Lipinski definition) is 1. The Bertz CT molecular complexity index is 196. The second-order valence-corrected chi connectivity index (χ2v) is 5.90. The Kier molecular flexibility index (Phi) is 8.70. The van der Waals surface area contributed by atoms with Crippen LogP contribution in [0.1, 0.15) is 72.1 Å². The lowest BCUT2D eigenvalue weighted by molar-refractivity contribution is -0.0360. The molecule has 2 heteroatoms. The lowest BCUT2D eigenvalue weighted by atomic mass is 9.85. The van der Waals surface area contributed by atoms with Crippen LogP contribution in [0.4, 0.5) is 0 Å². The fourth-order valence-electron chi connectivity index (χ4n) is 2.95. The van der Waals surface area contributed by atoms with Crippen molar-refractivity contribution >= 4 is 0 Å². The topological polar surface area (TPSA) is 21.3 Å². The largest absolute Gasteiger partial charge is 0.375 e. The van der Waals surface area contributed by atoms with E-state index in [1.54, 1.807) is 0 Å². The average Bonchev–Trinajstić information content (AvgIpc) is 2.38. The highest BCUT2D eigenvalue weighted by Crippen LogP contribution is 2.29. The van der Waals surface area contributed by atoms with Gasteiger partial charge in [0.2, 0.25) is 0 Å². The molecule has 0 radical (unpaired) electrons. The molecule has 0 aromatic rings. The molecule has 2 nitrogen and oxygen atoms in total. The van der Waals surface area contributed by atoms with Crippen molar-refractivity contribution in [3.63, 3.8) is 0 Å². The van der Waals surface area contributed by atoms with Crippen molar-refractivity contribution in [2.24, 2.45) is 5.92 Å². The van der Waals surface area contributed by atoms with Gasteiger partial charge in [-0.25, -0.2) is 0 Å². The van der Waals surface area contributed by atoms with Crippen molar-refractivity contribution in [1.29, 1.82) is 0 Å². The quantitative estimate of drug-likeness (QED) is 0.625. The maximum Gasteiger partial charge on any atom is 0.0581 e. The molecular weight excluding hydrogens is 222 g/mol. The molecule has 0 spiro atoms. The molecule has 108 valence electrons. The van der Waals surface area contributed by atoms with Crippen LogP contribution in [0.2, 0.25) is 0 Å². The minimum Gasteiger partial charge on any atom is -0.375 e. The predicted molar refractivity (Wildman–Crippen MR) is 79.0 cm³/mol. The molecule has 0 amide bonds. The van der Waals surface area contributed by atoms with Crippen LogP contribution in [0, 0.1) is 5.92 Å². The molecule has 3 unspecified atom stereocenters. The van der Waals surface area contributed by atoms with Gasteiger partial charge in [0, 0.05) is 0 Å². The standard InChI is InChI=1S/C16H33NO/c1-4-11-17-12-7-8-14(3)18-16-10-6-9-15(5-2)13-16/h14-17H,4-13H2,1-3H3. The summed E-state index contributed by atoms with van der Waals surface area (Å²) in [6, 6.07) is 0. The average molecular weight is 255 g/mol. The van der Waals surface area contributed by atoms with Gasteiger partial charge >= 0.3 is 0 Å². The molecule has 0 bridgehead atoms. The summed E-state index contributed by atoms with van der Waals surface area (Å²) in [4.78, 5) is 0. The van der Waals surface area contributed by atoms with Crippen LogP contribution in [-0.2, 0) is 4.74 Å². The fraction of sp³-hybridized carbons (Fsp3) is 1.00. The fourth-order valence-corrected chi connectivity index (χ4v) is 2.95. The van der Waals surface area contributed by atoms with E-state index < -0.39 is 0 Å². The minimum atomic E-state index is 0.439. The molecule has 1 aliphatic carbocycles. The maximum absolute atomic E-state index is 6.20. The van der Waals surface area contributed by atoms with E-state index in [2.05, 4.69) is 26.1 Å². The predicted octanol–water partition coefficient (Wildman–Crippen LogP) is 4.14. The molecule has 0 heterocycles. The molecule has 1 aliphatic rings. The first-order valence-corrected chi connectivity index (χ1v) is 8.12. The third-order valence-electron chi connectivity index (χ3n) is 4.13. The van der Waals surface area contributed by atoms with Crippen LogP contribution >= 0.6 is 0 Å². The summed E-state index contributed by atoms with van der Waals surface area (Å²) in [6.07, 6.45) is 11.4. The Morgan fingerprint density at radius 1 is 1.22 bits per heavy atom. The Balaban J connectivity index is 2.06. The summed E-state index contributed by atoms with van der Waals surface area (Å²) in [5, 5.41) is 3.45. The van der Waals surface area contributed by atoms with E-state index >= 15 is 0 Å². The van der Waals surface area contributed by atoms with Crippen molar-refractivity contribution in [2.75, 3.05) is 13.1 Å². The van der Waals surface area contributed by atoms with Crippen LogP contribution < -0.4 is 5.32 Å². The number of ether oxygens (including phenoxy) is 1. The number of nitrogens with one attached hydrogen (secondary N) is 1. The smallest absolute Gasteiger partial charge is 0.0581 e. The molecule has 0 aromatic carbocycles. The first kappa shape index (κ1) is 16.0. The van der Waals surface area contributed by atoms with Gasteiger partial charge < -0.3 is 10.1 Å². The first-order chi connectivity index (χ1) is 8.76. The van der Waals surface area contributed by atoms with Crippen LogP contribution in [-0.4, -0.2) is 25.3 Å². The molecule has 1 saturated carbocycles. The Morgan fingerprint density at radius 2 is 2.06 bits per heavy atom. The van der Waals surface area contributed by atoms with E-state index in [0.717, 1.165) is 19.0 Å². The molecule has 1 N–H and O–H groups in total. The van der Waals surface area contributed by atoms with Crippen molar-refractivity contribution in [1.82, 2.24) is 5.32 Å². The Hall–Kier alpha value is -0.0800. The van der Waals surface area contributed by atoms with Gasteiger partial charge in [0.1, 0.15) is 0 Å². The highest BCUT2D eigenvalue weighted by Gasteiger charge is 2.22. The molecule has 1 rings (SSSR count). The van der Waals surface area contributed by atoms with E-state index in [1.807, 2.05) is 0 Å². The van der Waals surface area contributed by atoms with Crippen LogP contribution in [0.25, 0.3) is 0 Å². The van der Waals surface area contributed by atoms with Crippen molar-refractivity contribution in [3.8, 4) is 0 Å².